The van der Waals surface area contributed by atoms with Crippen LogP contribution in [0.25, 0.3) is 11.0 Å². The summed E-state index contributed by atoms with van der Waals surface area (Å²) in [6, 6.07) is 11.2. The Bertz CT molecular complexity index is 933. The maximum atomic E-state index is 13.0. The van der Waals surface area contributed by atoms with Crippen LogP contribution in [-0.4, -0.2) is 14.5 Å². The van der Waals surface area contributed by atoms with Crippen molar-refractivity contribution in [2.75, 3.05) is 0 Å². The SMILES string of the molecule is CCc1nc(=O)n(Cc2ccccc2)c2nc(C(F)(F)F)ccc12. The average Bonchev–Trinajstić information content (AvgIpc) is 2.56. The quantitative estimate of drug-likeness (QED) is 0.738. The number of nitrogens with zero attached hydrogens (tertiary/aromatic N) is 3. The fraction of sp³-hybridized carbons (Fsp3) is 0.235. The van der Waals surface area contributed by atoms with Gasteiger partial charge in [-0.2, -0.15) is 18.2 Å². The molecule has 0 radical (unpaired) electrons. The third kappa shape index (κ3) is 3.02. The van der Waals surface area contributed by atoms with Crippen LogP contribution >= 0.6 is 0 Å². The number of fused-ring (bicyclic) bond motifs is 1. The molecule has 2 heterocycles. The van der Waals surface area contributed by atoms with Crippen molar-refractivity contribution in [1.29, 1.82) is 0 Å². The molecule has 0 aliphatic carbocycles. The van der Waals surface area contributed by atoms with Crippen LogP contribution < -0.4 is 5.69 Å². The van der Waals surface area contributed by atoms with E-state index in [0.717, 1.165) is 11.6 Å². The number of hydrogen-bond donors (Lipinski definition) is 0. The van der Waals surface area contributed by atoms with Crippen molar-refractivity contribution in [3.05, 3.63) is 69.9 Å². The van der Waals surface area contributed by atoms with Gasteiger partial charge in [0.25, 0.3) is 0 Å². The van der Waals surface area contributed by atoms with Gasteiger partial charge < -0.3 is 0 Å². The van der Waals surface area contributed by atoms with E-state index in [1.54, 1.807) is 31.2 Å². The van der Waals surface area contributed by atoms with Crippen molar-refractivity contribution in [3.8, 4) is 0 Å². The fourth-order valence-corrected chi connectivity index (χ4v) is 2.54. The lowest BCUT2D eigenvalue weighted by Crippen LogP contribution is -2.26. The lowest BCUT2D eigenvalue weighted by atomic mass is 10.1. The number of aryl methyl sites for hydroxylation is 1. The number of pyridine rings is 1. The first-order chi connectivity index (χ1) is 11.4. The normalized spacial score (nSPS) is 11.8. The zero-order valence-corrected chi connectivity index (χ0v) is 12.8. The van der Waals surface area contributed by atoms with E-state index in [1.165, 1.54) is 10.6 Å². The topological polar surface area (TPSA) is 47.8 Å². The van der Waals surface area contributed by atoms with Gasteiger partial charge in [0.15, 0.2) is 0 Å². The summed E-state index contributed by atoms with van der Waals surface area (Å²) in [6.45, 7) is 1.90. The molecule has 0 saturated heterocycles. The number of hydrogen-bond acceptors (Lipinski definition) is 3. The largest absolute Gasteiger partial charge is 0.433 e. The average molecular weight is 333 g/mol. The summed E-state index contributed by atoms with van der Waals surface area (Å²) in [7, 11) is 0. The molecule has 2 aromatic heterocycles. The zero-order chi connectivity index (χ0) is 17.3. The smallest absolute Gasteiger partial charge is 0.272 e. The highest BCUT2D eigenvalue weighted by atomic mass is 19.4. The van der Waals surface area contributed by atoms with Crippen LogP contribution in [0.1, 0.15) is 23.9 Å². The Morgan fingerprint density at radius 1 is 1.04 bits per heavy atom. The molecule has 0 aliphatic heterocycles. The molecule has 0 spiro atoms. The molecular weight excluding hydrogens is 319 g/mol. The van der Waals surface area contributed by atoms with Gasteiger partial charge in [-0.05, 0) is 24.1 Å². The van der Waals surface area contributed by atoms with E-state index in [9.17, 15) is 18.0 Å². The molecule has 0 atom stereocenters. The van der Waals surface area contributed by atoms with Gasteiger partial charge >= 0.3 is 11.9 Å². The van der Waals surface area contributed by atoms with Crippen molar-refractivity contribution in [2.45, 2.75) is 26.1 Å². The van der Waals surface area contributed by atoms with Gasteiger partial charge in [0, 0.05) is 5.39 Å². The number of aromatic nitrogens is 3. The molecular formula is C17H14F3N3O. The molecule has 0 amide bonds. The predicted molar refractivity (Wildman–Crippen MR) is 83.7 cm³/mol. The van der Waals surface area contributed by atoms with E-state index in [-0.39, 0.29) is 12.2 Å². The van der Waals surface area contributed by atoms with Crippen LogP contribution in [0, 0.1) is 0 Å². The van der Waals surface area contributed by atoms with Crippen LogP contribution in [0.3, 0.4) is 0 Å². The van der Waals surface area contributed by atoms with E-state index in [4.69, 9.17) is 0 Å². The second kappa shape index (κ2) is 6.07. The monoisotopic (exact) mass is 333 g/mol. The van der Waals surface area contributed by atoms with Crippen LogP contribution in [-0.2, 0) is 19.1 Å². The molecule has 24 heavy (non-hydrogen) atoms. The lowest BCUT2D eigenvalue weighted by molar-refractivity contribution is -0.141. The highest BCUT2D eigenvalue weighted by molar-refractivity contribution is 5.78. The third-order valence-electron chi connectivity index (χ3n) is 3.71. The summed E-state index contributed by atoms with van der Waals surface area (Å²) in [5.41, 5.74) is -0.392. The van der Waals surface area contributed by atoms with Crippen molar-refractivity contribution >= 4 is 11.0 Å². The minimum atomic E-state index is -4.57. The lowest BCUT2D eigenvalue weighted by Gasteiger charge is -2.13. The first-order valence-electron chi connectivity index (χ1n) is 7.41. The zero-order valence-electron chi connectivity index (χ0n) is 12.8. The Kier molecular flexibility index (Phi) is 4.09. The Morgan fingerprint density at radius 2 is 1.75 bits per heavy atom. The second-order valence-corrected chi connectivity index (χ2v) is 5.33. The molecule has 0 bridgehead atoms. The summed E-state index contributed by atoms with van der Waals surface area (Å²) < 4.78 is 40.2. The molecule has 3 rings (SSSR count). The Morgan fingerprint density at radius 3 is 2.38 bits per heavy atom. The van der Waals surface area contributed by atoms with Gasteiger partial charge in [-0.15, -0.1) is 0 Å². The highest BCUT2D eigenvalue weighted by Gasteiger charge is 2.33. The van der Waals surface area contributed by atoms with E-state index in [2.05, 4.69) is 9.97 Å². The molecule has 4 nitrogen and oxygen atoms in total. The Labute approximate surface area is 135 Å². The minimum Gasteiger partial charge on any atom is -0.272 e. The van der Waals surface area contributed by atoms with Crippen LogP contribution in [0.5, 0.6) is 0 Å². The molecule has 0 aliphatic rings. The van der Waals surface area contributed by atoms with Gasteiger partial charge in [-0.25, -0.2) is 9.78 Å². The Balaban J connectivity index is 2.26. The van der Waals surface area contributed by atoms with Gasteiger partial charge in [0.2, 0.25) is 0 Å². The van der Waals surface area contributed by atoms with Gasteiger partial charge in [-0.3, -0.25) is 4.57 Å². The molecule has 124 valence electrons. The first-order valence-corrected chi connectivity index (χ1v) is 7.41. The number of alkyl halides is 3. The van der Waals surface area contributed by atoms with Crippen molar-refractivity contribution in [1.82, 2.24) is 14.5 Å². The number of halogens is 3. The molecule has 0 saturated carbocycles. The fourth-order valence-electron chi connectivity index (χ4n) is 2.54. The van der Waals surface area contributed by atoms with Gasteiger partial charge in [-0.1, -0.05) is 37.3 Å². The van der Waals surface area contributed by atoms with Crippen molar-refractivity contribution < 1.29 is 13.2 Å². The summed E-state index contributed by atoms with van der Waals surface area (Å²) in [6.07, 6.45) is -4.14. The maximum Gasteiger partial charge on any atom is 0.433 e. The van der Waals surface area contributed by atoms with Gasteiger partial charge in [0.05, 0.1) is 12.2 Å². The summed E-state index contributed by atoms with van der Waals surface area (Å²) >= 11 is 0. The first kappa shape index (κ1) is 16.2. The summed E-state index contributed by atoms with van der Waals surface area (Å²) in [4.78, 5) is 20.0. The van der Waals surface area contributed by atoms with Crippen LogP contribution in [0.2, 0.25) is 0 Å². The molecule has 3 aromatic rings. The number of benzene rings is 1. The van der Waals surface area contributed by atoms with Crippen LogP contribution in [0.15, 0.2) is 47.3 Å². The standard InChI is InChI=1S/C17H14F3N3O/c1-2-13-12-8-9-14(17(18,19)20)22-15(12)23(16(24)21-13)10-11-6-4-3-5-7-11/h3-9H,2,10H2,1H3. The van der Waals surface area contributed by atoms with E-state index in [0.29, 0.717) is 17.5 Å². The molecule has 7 heteroatoms. The summed E-state index contributed by atoms with van der Waals surface area (Å²) in [5.74, 6) is 0. The van der Waals surface area contributed by atoms with Gasteiger partial charge in [0.1, 0.15) is 11.3 Å². The highest BCUT2D eigenvalue weighted by Crippen LogP contribution is 2.29. The number of rotatable bonds is 3. The second-order valence-electron chi connectivity index (χ2n) is 5.33. The Hall–Kier alpha value is -2.70. The minimum absolute atomic E-state index is 0.00512. The predicted octanol–water partition coefficient (Wildman–Crippen LogP) is 3.42. The third-order valence-corrected chi connectivity index (χ3v) is 3.71. The van der Waals surface area contributed by atoms with Crippen molar-refractivity contribution in [2.24, 2.45) is 0 Å². The van der Waals surface area contributed by atoms with Crippen LogP contribution in [0.4, 0.5) is 13.2 Å². The van der Waals surface area contributed by atoms with E-state index >= 15 is 0 Å². The molecule has 0 fully saturated rings. The molecule has 1 aromatic carbocycles. The van der Waals surface area contributed by atoms with E-state index < -0.39 is 17.6 Å². The summed E-state index contributed by atoms with van der Waals surface area (Å²) in [5, 5.41) is 0.459. The molecule has 0 unspecified atom stereocenters. The maximum absolute atomic E-state index is 13.0. The molecule has 0 N–H and O–H groups in total. The van der Waals surface area contributed by atoms with E-state index in [1.807, 2.05) is 6.07 Å². The van der Waals surface area contributed by atoms with Crippen molar-refractivity contribution in [3.63, 3.8) is 0 Å².